The molecule has 1 fully saturated rings. The number of aliphatic imine (C=N–C) groups is 1. The molecule has 1 aliphatic heterocycles. The maximum Gasteiger partial charge on any atom is 0.309 e. The van der Waals surface area contributed by atoms with Crippen LogP contribution in [0.5, 0.6) is 0 Å². The Labute approximate surface area is 161 Å². The van der Waals surface area contributed by atoms with Crippen LogP contribution in [0.3, 0.4) is 0 Å². The van der Waals surface area contributed by atoms with Gasteiger partial charge in [-0.1, -0.05) is 18.2 Å². The number of hydrogen-bond acceptors (Lipinski definition) is 4. The van der Waals surface area contributed by atoms with Gasteiger partial charge in [-0.05, 0) is 38.3 Å². The zero-order chi connectivity index (χ0) is 19.5. The van der Waals surface area contributed by atoms with Crippen LogP contribution in [0.1, 0.15) is 36.5 Å². The summed E-state index contributed by atoms with van der Waals surface area (Å²) in [4.78, 5) is 30.3. The van der Waals surface area contributed by atoms with Crippen LogP contribution in [-0.2, 0) is 9.53 Å². The van der Waals surface area contributed by atoms with E-state index >= 15 is 0 Å². The highest BCUT2D eigenvalue weighted by atomic mass is 16.5. The lowest BCUT2D eigenvalue weighted by molar-refractivity contribution is -0.149. The topological polar surface area (TPSA) is 83.0 Å². The van der Waals surface area contributed by atoms with Gasteiger partial charge in [0.05, 0.1) is 12.5 Å². The second kappa shape index (κ2) is 11.2. The summed E-state index contributed by atoms with van der Waals surface area (Å²) in [6, 6.07) is 9.20. The summed E-state index contributed by atoms with van der Waals surface area (Å²) in [5, 5.41) is 6.25. The van der Waals surface area contributed by atoms with Gasteiger partial charge in [0.15, 0.2) is 5.96 Å². The summed E-state index contributed by atoms with van der Waals surface area (Å²) in [5.74, 6) is 0.689. The second-order valence-electron chi connectivity index (χ2n) is 6.46. The van der Waals surface area contributed by atoms with Gasteiger partial charge >= 0.3 is 5.97 Å². The normalized spacial score (nSPS) is 15.3. The second-order valence-corrected chi connectivity index (χ2v) is 6.46. The molecule has 1 aromatic rings. The number of carbonyl (C=O) groups is 2. The fourth-order valence-corrected chi connectivity index (χ4v) is 3.10. The van der Waals surface area contributed by atoms with Gasteiger partial charge in [0.1, 0.15) is 0 Å². The van der Waals surface area contributed by atoms with E-state index in [1.54, 1.807) is 19.2 Å². The number of likely N-dealkylation sites (tertiary alicyclic amines) is 1. The first-order valence-electron chi connectivity index (χ1n) is 9.61. The summed E-state index contributed by atoms with van der Waals surface area (Å²) in [6.07, 6.45) is 2.37. The molecule has 0 saturated carbocycles. The van der Waals surface area contributed by atoms with E-state index in [-0.39, 0.29) is 17.8 Å². The molecule has 0 aliphatic carbocycles. The minimum Gasteiger partial charge on any atom is -0.466 e. The molecular weight excluding hydrogens is 344 g/mol. The molecule has 148 valence electrons. The lowest BCUT2D eigenvalue weighted by atomic mass is 9.97. The van der Waals surface area contributed by atoms with Crippen LogP contribution < -0.4 is 10.6 Å². The third-order valence-electron chi connectivity index (χ3n) is 4.58. The molecular formula is C20H30N4O3. The molecule has 2 N–H and O–H groups in total. The first-order valence-corrected chi connectivity index (χ1v) is 9.61. The zero-order valence-electron chi connectivity index (χ0n) is 16.2. The molecule has 1 heterocycles. The van der Waals surface area contributed by atoms with E-state index in [1.807, 2.05) is 25.1 Å². The maximum atomic E-state index is 12.0. The Morgan fingerprint density at radius 2 is 1.81 bits per heavy atom. The van der Waals surface area contributed by atoms with E-state index in [0.717, 1.165) is 44.9 Å². The molecule has 0 atom stereocenters. The summed E-state index contributed by atoms with van der Waals surface area (Å²) in [5.41, 5.74) is 0.672. The van der Waals surface area contributed by atoms with Crippen molar-refractivity contribution in [2.24, 2.45) is 10.9 Å². The molecule has 1 amide bonds. The Hall–Kier alpha value is -2.57. The number of piperidine rings is 1. The maximum absolute atomic E-state index is 12.0. The van der Waals surface area contributed by atoms with Crippen molar-refractivity contribution < 1.29 is 14.3 Å². The quantitative estimate of drug-likeness (QED) is 0.328. The first-order chi connectivity index (χ1) is 13.2. The number of esters is 1. The molecule has 1 aromatic carbocycles. The third-order valence-corrected chi connectivity index (χ3v) is 4.58. The van der Waals surface area contributed by atoms with Gasteiger partial charge in [-0.25, -0.2) is 0 Å². The minimum atomic E-state index is -0.0887. The number of nitrogens with zero attached hydrogens (tertiary/aromatic N) is 2. The summed E-state index contributed by atoms with van der Waals surface area (Å²) < 4.78 is 5.11. The monoisotopic (exact) mass is 374 g/mol. The number of benzene rings is 1. The molecule has 0 aromatic heterocycles. The number of carbonyl (C=O) groups excluding carboxylic acids is 2. The fourth-order valence-electron chi connectivity index (χ4n) is 3.10. The van der Waals surface area contributed by atoms with Crippen molar-refractivity contribution in [2.45, 2.75) is 26.2 Å². The molecule has 0 unspecified atom stereocenters. The lowest BCUT2D eigenvalue weighted by Gasteiger charge is -2.33. The van der Waals surface area contributed by atoms with Crippen LogP contribution in [0.4, 0.5) is 0 Å². The molecule has 27 heavy (non-hydrogen) atoms. The fraction of sp³-hybridized carbons (Fsp3) is 0.550. The number of rotatable bonds is 7. The van der Waals surface area contributed by atoms with E-state index in [0.29, 0.717) is 18.7 Å². The molecule has 2 rings (SSSR count). The van der Waals surface area contributed by atoms with Crippen molar-refractivity contribution >= 4 is 17.8 Å². The highest BCUT2D eigenvalue weighted by Gasteiger charge is 2.27. The number of amides is 1. The molecule has 7 heteroatoms. The van der Waals surface area contributed by atoms with Crippen molar-refractivity contribution in [3.05, 3.63) is 35.9 Å². The Morgan fingerprint density at radius 3 is 2.44 bits per heavy atom. The van der Waals surface area contributed by atoms with E-state index in [4.69, 9.17) is 4.74 Å². The van der Waals surface area contributed by atoms with Gasteiger partial charge in [-0.3, -0.25) is 14.6 Å². The molecule has 1 saturated heterocycles. The predicted molar refractivity (Wildman–Crippen MR) is 106 cm³/mol. The first kappa shape index (κ1) is 20.7. The predicted octanol–water partition coefficient (Wildman–Crippen LogP) is 1.66. The number of guanidine groups is 1. The zero-order valence-corrected chi connectivity index (χ0v) is 16.2. The van der Waals surface area contributed by atoms with E-state index in [1.165, 1.54) is 0 Å². The van der Waals surface area contributed by atoms with Crippen LogP contribution in [0.2, 0.25) is 0 Å². The molecule has 0 spiro atoms. The molecule has 7 nitrogen and oxygen atoms in total. The van der Waals surface area contributed by atoms with Crippen molar-refractivity contribution in [3.63, 3.8) is 0 Å². The number of ether oxygens (including phenoxy) is 1. The Kier molecular flexibility index (Phi) is 8.61. The van der Waals surface area contributed by atoms with Gasteiger partial charge < -0.3 is 20.3 Å². The summed E-state index contributed by atoms with van der Waals surface area (Å²) >= 11 is 0. The van der Waals surface area contributed by atoms with Crippen LogP contribution in [-0.4, -0.2) is 62.6 Å². The number of nitrogens with one attached hydrogen (secondary N) is 2. The van der Waals surface area contributed by atoms with Crippen molar-refractivity contribution in [2.75, 3.05) is 39.8 Å². The van der Waals surface area contributed by atoms with Crippen molar-refractivity contribution in [3.8, 4) is 0 Å². The highest BCUT2D eigenvalue weighted by molar-refractivity contribution is 5.94. The largest absolute Gasteiger partial charge is 0.466 e. The van der Waals surface area contributed by atoms with Gasteiger partial charge in [-0.2, -0.15) is 0 Å². The van der Waals surface area contributed by atoms with Gasteiger partial charge in [-0.15, -0.1) is 0 Å². The minimum absolute atomic E-state index is 0.00694. The standard InChI is InChI=1S/C20H30N4O3/c1-3-27-19(26)17-10-14-24(15-11-17)20(21-2)23-13-7-12-22-18(25)16-8-5-4-6-9-16/h4-6,8-9,17H,3,7,10-15H2,1-2H3,(H,21,23)(H,22,25). The average Bonchev–Trinajstić information content (AvgIpc) is 2.71. The Morgan fingerprint density at radius 1 is 1.15 bits per heavy atom. The van der Waals surface area contributed by atoms with Gasteiger partial charge in [0.2, 0.25) is 0 Å². The highest BCUT2D eigenvalue weighted by Crippen LogP contribution is 2.18. The van der Waals surface area contributed by atoms with Crippen LogP contribution in [0.15, 0.2) is 35.3 Å². The smallest absolute Gasteiger partial charge is 0.309 e. The van der Waals surface area contributed by atoms with Gasteiger partial charge in [0.25, 0.3) is 5.91 Å². The summed E-state index contributed by atoms with van der Waals surface area (Å²) in [7, 11) is 1.76. The van der Waals surface area contributed by atoms with Crippen LogP contribution in [0, 0.1) is 5.92 Å². The summed E-state index contributed by atoms with van der Waals surface area (Å²) in [6.45, 7) is 5.16. The molecule has 0 radical (unpaired) electrons. The van der Waals surface area contributed by atoms with Crippen molar-refractivity contribution in [1.29, 1.82) is 0 Å². The van der Waals surface area contributed by atoms with Crippen molar-refractivity contribution in [1.82, 2.24) is 15.5 Å². The van der Waals surface area contributed by atoms with E-state index < -0.39 is 0 Å². The SMILES string of the molecule is CCOC(=O)C1CCN(C(=NC)NCCCNC(=O)c2ccccc2)CC1. The van der Waals surface area contributed by atoms with E-state index in [9.17, 15) is 9.59 Å². The Balaban J connectivity index is 1.65. The number of hydrogen-bond donors (Lipinski definition) is 2. The van der Waals surface area contributed by atoms with Gasteiger partial charge in [0, 0.05) is 38.8 Å². The lowest BCUT2D eigenvalue weighted by Crippen LogP contribution is -2.47. The van der Waals surface area contributed by atoms with Crippen LogP contribution in [0.25, 0.3) is 0 Å². The van der Waals surface area contributed by atoms with E-state index in [2.05, 4.69) is 20.5 Å². The van der Waals surface area contributed by atoms with Crippen LogP contribution >= 0.6 is 0 Å². The third kappa shape index (κ3) is 6.58. The average molecular weight is 374 g/mol. The molecule has 1 aliphatic rings. The Bertz CT molecular complexity index is 625. The molecule has 0 bridgehead atoms.